The van der Waals surface area contributed by atoms with E-state index < -0.39 is 0 Å². The van der Waals surface area contributed by atoms with Crippen LogP contribution in [0.2, 0.25) is 0 Å². The normalized spacial score (nSPS) is 11.1. The van der Waals surface area contributed by atoms with Gasteiger partial charge in [-0.3, -0.25) is 4.79 Å². The van der Waals surface area contributed by atoms with Crippen molar-refractivity contribution in [2.75, 3.05) is 5.73 Å². The standard InChI is InChI=1S/C12H15N3OS/c1-7(2)10-5-4-8(11(16)15(10)3)9-6-17-12(13)14-9/h4-7H,1-3H3,(H2,13,14). The van der Waals surface area contributed by atoms with Gasteiger partial charge in [-0.25, -0.2) is 4.98 Å². The summed E-state index contributed by atoms with van der Waals surface area (Å²) in [4.78, 5) is 16.3. The molecule has 2 N–H and O–H groups in total. The highest BCUT2D eigenvalue weighted by atomic mass is 32.1. The number of nitrogens with two attached hydrogens (primary N) is 1. The zero-order chi connectivity index (χ0) is 12.6. The molecule has 0 fully saturated rings. The summed E-state index contributed by atoms with van der Waals surface area (Å²) in [5.74, 6) is 0.322. The molecule has 0 amide bonds. The molecule has 5 heteroatoms. The Labute approximate surface area is 104 Å². The molecule has 0 unspecified atom stereocenters. The number of pyridine rings is 1. The fourth-order valence-corrected chi connectivity index (χ4v) is 2.40. The number of anilines is 1. The second kappa shape index (κ2) is 4.33. The number of hydrogen-bond donors (Lipinski definition) is 1. The first-order chi connectivity index (χ1) is 8.00. The lowest BCUT2D eigenvalue weighted by Gasteiger charge is -2.12. The summed E-state index contributed by atoms with van der Waals surface area (Å²) < 4.78 is 1.68. The Kier molecular flexibility index (Phi) is 3.02. The van der Waals surface area contributed by atoms with E-state index in [1.807, 2.05) is 12.1 Å². The molecule has 2 heterocycles. The summed E-state index contributed by atoms with van der Waals surface area (Å²) in [5.41, 5.74) is 7.83. The maximum atomic E-state index is 12.2. The van der Waals surface area contributed by atoms with Crippen LogP contribution in [-0.2, 0) is 7.05 Å². The largest absolute Gasteiger partial charge is 0.375 e. The Morgan fingerprint density at radius 2 is 2.12 bits per heavy atom. The number of nitrogen functional groups attached to an aromatic ring is 1. The smallest absolute Gasteiger partial charge is 0.259 e. The minimum atomic E-state index is -0.0264. The van der Waals surface area contributed by atoms with E-state index >= 15 is 0 Å². The topological polar surface area (TPSA) is 60.9 Å². The van der Waals surface area contributed by atoms with Gasteiger partial charge in [0.15, 0.2) is 5.13 Å². The first-order valence-corrected chi connectivity index (χ1v) is 6.30. The van der Waals surface area contributed by atoms with Crippen LogP contribution >= 0.6 is 11.3 Å². The van der Waals surface area contributed by atoms with Gasteiger partial charge in [0.2, 0.25) is 0 Å². The van der Waals surface area contributed by atoms with E-state index in [9.17, 15) is 4.79 Å². The Morgan fingerprint density at radius 1 is 1.41 bits per heavy atom. The zero-order valence-corrected chi connectivity index (χ0v) is 10.9. The molecule has 0 atom stereocenters. The number of thiazole rings is 1. The quantitative estimate of drug-likeness (QED) is 0.887. The molecular formula is C12H15N3OS. The minimum Gasteiger partial charge on any atom is -0.375 e. The second-order valence-corrected chi connectivity index (χ2v) is 5.15. The molecule has 0 bridgehead atoms. The van der Waals surface area contributed by atoms with E-state index in [0.717, 1.165) is 5.69 Å². The zero-order valence-electron chi connectivity index (χ0n) is 10.1. The maximum Gasteiger partial charge on any atom is 0.259 e. The number of aromatic nitrogens is 2. The van der Waals surface area contributed by atoms with E-state index in [0.29, 0.717) is 22.3 Å². The van der Waals surface area contributed by atoms with Gasteiger partial charge in [-0.1, -0.05) is 13.8 Å². The van der Waals surface area contributed by atoms with Crippen LogP contribution in [0.3, 0.4) is 0 Å². The highest BCUT2D eigenvalue weighted by molar-refractivity contribution is 7.13. The molecule has 0 spiro atoms. The Bertz CT molecular complexity index is 598. The highest BCUT2D eigenvalue weighted by Gasteiger charge is 2.11. The van der Waals surface area contributed by atoms with Crippen molar-refractivity contribution >= 4 is 16.5 Å². The van der Waals surface area contributed by atoms with Gasteiger partial charge in [-0.2, -0.15) is 0 Å². The summed E-state index contributed by atoms with van der Waals surface area (Å²) in [6, 6.07) is 3.79. The predicted octanol–water partition coefficient (Wildman–Crippen LogP) is 2.21. The molecule has 0 radical (unpaired) electrons. The van der Waals surface area contributed by atoms with Gasteiger partial charge < -0.3 is 10.3 Å². The molecule has 90 valence electrons. The summed E-state index contributed by atoms with van der Waals surface area (Å²) in [6.45, 7) is 4.13. The molecular weight excluding hydrogens is 234 g/mol. The molecule has 0 aliphatic heterocycles. The average Bonchev–Trinajstić information content (AvgIpc) is 2.68. The van der Waals surface area contributed by atoms with Crippen molar-refractivity contribution in [2.45, 2.75) is 19.8 Å². The van der Waals surface area contributed by atoms with Crippen LogP contribution < -0.4 is 11.3 Å². The average molecular weight is 249 g/mol. The first-order valence-electron chi connectivity index (χ1n) is 5.42. The lowest BCUT2D eigenvalue weighted by Crippen LogP contribution is -2.22. The molecule has 2 aromatic rings. The van der Waals surface area contributed by atoms with Crippen molar-refractivity contribution in [1.29, 1.82) is 0 Å². The van der Waals surface area contributed by atoms with Crippen LogP contribution in [0.4, 0.5) is 5.13 Å². The summed E-state index contributed by atoms with van der Waals surface area (Å²) in [5, 5.41) is 2.29. The van der Waals surface area contributed by atoms with Gasteiger partial charge in [0.1, 0.15) is 0 Å². The molecule has 0 aliphatic rings. The molecule has 0 saturated heterocycles. The fourth-order valence-electron chi connectivity index (χ4n) is 1.84. The van der Waals surface area contributed by atoms with Crippen LogP contribution in [-0.4, -0.2) is 9.55 Å². The Balaban J connectivity index is 2.59. The van der Waals surface area contributed by atoms with E-state index in [-0.39, 0.29) is 5.56 Å². The van der Waals surface area contributed by atoms with Crippen LogP contribution in [0.1, 0.15) is 25.5 Å². The minimum absolute atomic E-state index is 0.0264. The summed E-state index contributed by atoms with van der Waals surface area (Å²) in [7, 11) is 1.79. The van der Waals surface area contributed by atoms with E-state index in [1.165, 1.54) is 11.3 Å². The third-order valence-corrected chi connectivity index (χ3v) is 3.41. The van der Waals surface area contributed by atoms with Gasteiger partial charge in [0, 0.05) is 18.1 Å². The third-order valence-electron chi connectivity index (χ3n) is 2.73. The molecule has 2 aromatic heterocycles. The molecule has 0 aliphatic carbocycles. The molecule has 2 rings (SSSR count). The van der Waals surface area contributed by atoms with Crippen molar-refractivity contribution in [3.63, 3.8) is 0 Å². The Hall–Kier alpha value is -1.62. The van der Waals surface area contributed by atoms with Crippen molar-refractivity contribution in [3.8, 4) is 11.3 Å². The van der Waals surface area contributed by atoms with Crippen molar-refractivity contribution in [2.24, 2.45) is 7.05 Å². The SMILES string of the molecule is CC(C)c1ccc(-c2csc(N)n2)c(=O)n1C. The lowest BCUT2D eigenvalue weighted by atomic mass is 10.1. The first kappa shape index (κ1) is 11.9. The van der Waals surface area contributed by atoms with Gasteiger partial charge >= 0.3 is 0 Å². The van der Waals surface area contributed by atoms with E-state index in [4.69, 9.17) is 5.73 Å². The van der Waals surface area contributed by atoms with Crippen molar-refractivity contribution in [3.05, 3.63) is 33.6 Å². The van der Waals surface area contributed by atoms with Gasteiger partial charge in [-0.05, 0) is 18.1 Å². The van der Waals surface area contributed by atoms with E-state index in [2.05, 4.69) is 18.8 Å². The number of nitrogens with zero attached hydrogens (tertiary/aromatic N) is 2. The number of hydrogen-bond acceptors (Lipinski definition) is 4. The van der Waals surface area contributed by atoms with Crippen LogP contribution in [0, 0.1) is 0 Å². The van der Waals surface area contributed by atoms with E-state index in [1.54, 1.807) is 17.0 Å². The fraction of sp³-hybridized carbons (Fsp3) is 0.333. The second-order valence-electron chi connectivity index (χ2n) is 4.26. The summed E-state index contributed by atoms with van der Waals surface area (Å²) in [6.07, 6.45) is 0. The Morgan fingerprint density at radius 3 is 2.65 bits per heavy atom. The lowest BCUT2D eigenvalue weighted by molar-refractivity contribution is 0.708. The monoisotopic (exact) mass is 249 g/mol. The van der Waals surface area contributed by atoms with Gasteiger partial charge in [-0.15, -0.1) is 11.3 Å². The van der Waals surface area contributed by atoms with Crippen molar-refractivity contribution in [1.82, 2.24) is 9.55 Å². The third kappa shape index (κ3) is 2.10. The van der Waals surface area contributed by atoms with Crippen molar-refractivity contribution < 1.29 is 0 Å². The molecule has 0 saturated carbocycles. The predicted molar refractivity (Wildman–Crippen MR) is 71.3 cm³/mol. The van der Waals surface area contributed by atoms with Crippen LogP contribution in [0.5, 0.6) is 0 Å². The van der Waals surface area contributed by atoms with Crippen LogP contribution in [0.15, 0.2) is 22.3 Å². The summed E-state index contributed by atoms with van der Waals surface area (Å²) >= 11 is 1.34. The number of rotatable bonds is 2. The maximum absolute atomic E-state index is 12.2. The molecule has 4 nitrogen and oxygen atoms in total. The van der Waals surface area contributed by atoms with Gasteiger partial charge in [0.05, 0.1) is 11.3 Å². The molecule has 0 aromatic carbocycles. The van der Waals surface area contributed by atoms with Crippen LogP contribution in [0.25, 0.3) is 11.3 Å². The molecule has 17 heavy (non-hydrogen) atoms. The van der Waals surface area contributed by atoms with Gasteiger partial charge in [0.25, 0.3) is 5.56 Å². The highest BCUT2D eigenvalue weighted by Crippen LogP contribution is 2.21.